The summed E-state index contributed by atoms with van der Waals surface area (Å²) in [7, 11) is 0. The number of anilines is 4. The van der Waals surface area contributed by atoms with Crippen LogP contribution in [0.4, 0.5) is 22.7 Å². The number of para-hydroxylation sites is 3. The number of ether oxygens (including phenoxy) is 2. The molecular formula is C72H66N4O2. The summed E-state index contributed by atoms with van der Waals surface area (Å²) in [4.78, 5) is 8.82. The molecule has 9 aromatic carbocycles. The Hall–Kier alpha value is -8.87. The van der Waals surface area contributed by atoms with Crippen molar-refractivity contribution in [3.05, 3.63) is 241 Å². The molecule has 0 aliphatic carbocycles. The van der Waals surface area contributed by atoms with Crippen molar-refractivity contribution >= 4 is 44.6 Å². The van der Waals surface area contributed by atoms with E-state index in [-0.39, 0.29) is 68.5 Å². The molecule has 0 atom stereocenters. The molecule has 0 spiro atoms. The van der Waals surface area contributed by atoms with Crippen LogP contribution in [0.5, 0.6) is 23.0 Å². The third-order valence-electron chi connectivity index (χ3n) is 14.2. The Kier molecular flexibility index (Phi) is 8.91. The molecule has 6 heteroatoms. The van der Waals surface area contributed by atoms with Gasteiger partial charge in [-0.2, -0.15) is 0 Å². The molecule has 0 fully saturated rings. The molecule has 0 N–H and O–H groups in total. The lowest BCUT2D eigenvalue weighted by Crippen LogP contribution is -2.24. The van der Waals surface area contributed by atoms with Gasteiger partial charge in [0, 0.05) is 63.1 Å². The highest BCUT2D eigenvalue weighted by molar-refractivity contribution is 6.11. The number of pyridine rings is 1. The molecule has 0 bridgehead atoms. The summed E-state index contributed by atoms with van der Waals surface area (Å²) in [6, 6.07) is 31.6. The molecule has 3 heterocycles. The van der Waals surface area contributed by atoms with Gasteiger partial charge in [-0.3, -0.25) is 4.57 Å². The van der Waals surface area contributed by atoms with Crippen molar-refractivity contribution < 1.29 is 30.0 Å². The van der Waals surface area contributed by atoms with Crippen LogP contribution in [0.15, 0.2) is 224 Å². The zero-order valence-electron chi connectivity index (χ0n) is 60.0. The van der Waals surface area contributed by atoms with Gasteiger partial charge in [0.05, 0.1) is 48.7 Å². The van der Waals surface area contributed by atoms with Crippen LogP contribution in [0.2, 0.25) is 0 Å². The van der Waals surface area contributed by atoms with Crippen LogP contribution >= 0.6 is 0 Å². The van der Waals surface area contributed by atoms with Crippen molar-refractivity contribution in [1.82, 2.24) is 9.55 Å². The Balaban J connectivity index is 0.984. The van der Waals surface area contributed by atoms with E-state index in [1.165, 1.54) is 5.56 Å². The maximum atomic E-state index is 9.13. The second kappa shape index (κ2) is 19.6. The smallest absolute Gasteiger partial charge is 0.141 e. The molecule has 1 aliphatic rings. The first-order valence-electron chi connectivity index (χ1n) is 33.5. The van der Waals surface area contributed by atoms with E-state index in [1.54, 1.807) is 30.5 Å². The van der Waals surface area contributed by atoms with Gasteiger partial charge in [0.25, 0.3) is 0 Å². The number of benzene rings is 9. The van der Waals surface area contributed by atoms with Crippen molar-refractivity contribution in [3.8, 4) is 62.2 Å². The molecular weight excluding hydrogens is 953 g/mol. The number of aromatic nitrogens is 2. The lowest BCUT2D eigenvalue weighted by Gasteiger charge is -2.33. The fourth-order valence-corrected chi connectivity index (χ4v) is 10.3. The number of hydrogen-bond donors (Lipinski definition) is 0. The average Bonchev–Trinajstić information content (AvgIpc) is 1.69. The van der Waals surface area contributed by atoms with E-state index in [0.717, 1.165) is 22.3 Å². The zero-order chi connectivity index (χ0) is 67.0. The second-order valence-corrected chi connectivity index (χ2v) is 22.6. The third kappa shape index (κ3) is 9.46. The highest BCUT2D eigenvalue weighted by atomic mass is 16.5. The monoisotopic (exact) mass is 1030 g/mol. The predicted molar refractivity (Wildman–Crippen MR) is 326 cm³/mol. The Morgan fingerprint density at radius 3 is 1.64 bits per heavy atom. The maximum Gasteiger partial charge on any atom is 0.141 e. The topological polar surface area (TPSA) is 42.8 Å². The van der Waals surface area contributed by atoms with Crippen LogP contribution in [-0.4, -0.2) is 16.2 Å². The number of fused-ring (bicyclic) bond motifs is 4. The van der Waals surface area contributed by atoms with Crippen molar-refractivity contribution in [2.45, 2.75) is 78.6 Å². The largest absolute Gasteiger partial charge is 0.457 e. The summed E-state index contributed by atoms with van der Waals surface area (Å²) in [6.07, 6.45) is 1.70. The number of nitrogens with zero attached hydrogens (tertiary/aromatic N) is 4. The molecule has 78 heavy (non-hydrogen) atoms. The van der Waals surface area contributed by atoms with Crippen LogP contribution in [0.1, 0.15) is 99.6 Å². The molecule has 0 saturated carbocycles. The highest BCUT2D eigenvalue weighted by Gasteiger charge is 2.33. The molecule has 6 nitrogen and oxygen atoms in total. The molecule has 0 radical (unpaired) electrons. The zero-order valence-corrected chi connectivity index (χ0v) is 45.0. The molecule has 0 saturated heterocycles. The summed E-state index contributed by atoms with van der Waals surface area (Å²) in [5.74, 6) is 2.68. The van der Waals surface area contributed by atoms with Gasteiger partial charge < -0.3 is 19.3 Å². The fraction of sp³-hybridized carbons (Fsp3) is 0.181. The maximum absolute atomic E-state index is 9.13. The fourth-order valence-electron chi connectivity index (χ4n) is 10.3. The Labute approximate surface area is 480 Å². The first-order chi connectivity index (χ1) is 43.8. The third-order valence-corrected chi connectivity index (χ3v) is 14.2. The van der Waals surface area contributed by atoms with Gasteiger partial charge >= 0.3 is 0 Å². The van der Waals surface area contributed by atoms with Crippen LogP contribution in [0, 0.1) is 0 Å². The summed E-state index contributed by atoms with van der Waals surface area (Å²) in [5.41, 5.74) is 6.71. The lowest BCUT2D eigenvalue weighted by molar-refractivity contribution is 0.429. The SMILES string of the molecule is [2H]c1c([2H])c([2H])c(-c2ccc3c(c2)c2ccc(Oc4cccc(N5CN(c6c(-c7c([2H])c([2H])c([2H])c([2H])c7[2H])cccc6-c6c([2H])c([2H])c([2H])c([2H])c6[2H])c6ccccc65)c4)cc2n3-c2cc(Oc3c(C(C)(C)C)cc(C(C)(C)C)cc3C(C)(C)C)ccn2)c([2H])c1[2H]. The van der Waals surface area contributed by atoms with Crippen LogP contribution in [0.3, 0.4) is 0 Å². The molecule has 2 aromatic heterocycles. The van der Waals surface area contributed by atoms with Crippen LogP contribution in [-0.2, 0) is 16.2 Å². The highest BCUT2D eigenvalue weighted by Crippen LogP contribution is 2.51. The summed E-state index contributed by atoms with van der Waals surface area (Å²) in [6.45, 7) is 19.8. The lowest BCUT2D eigenvalue weighted by atomic mass is 9.74. The van der Waals surface area contributed by atoms with Crippen molar-refractivity contribution in [3.63, 3.8) is 0 Å². The first-order valence-corrected chi connectivity index (χ1v) is 26.0. The van der Waals surface area contributed by atoms with Gasteiger partial charge in [-0.05, 0) is 98.7 Å². The van der Waals surface area contributed by atoms with Gasteiger partial charge in [-0.25, -0.2) is 4.98 Å². The molecule has 12 rings (SSSR count). The van der Waals surface area contributed by atoms with Crippen molar-refractivity contribution in [2.24, 2.45) is 0 Å². The van der Waals surface area contributed by atoms with E-state index < -0.39 is 78.6 Å². The Morgan fingerprint density at radius 2 is 1.03 bits per heavy atom. The molecule has 0 amide bonds. The minimum atomic E-state index is -0.584. The first kappa shape index (κ1) is 35.5. The number of rotatable bonds is 10. The van der Waals surface area contributed by atoms with Gasteiger partial charge in [0.2, 0.25) is 0 Å². The van der Waals surface area contributed by atoms with Crippen LogP contribution in [0.25, 0.3) is 61.0 Å². The van der Waals surface area contributed by atoms with Gasteiger partial charge in [-0.15, -0.1) is 0 Å². The van der Waals surface area contributed by atoms with E-state index in [9.17, 15) is 0 Å². The molecule has 1 aliphatic heterocycles. The van der Waals surface area contributed by atoms with E-state index in [1.807, 2.05) is 105 Å². The molecule has 11 aromatic rings. The predicted octanol–water partition coefficient (Wildman–Crippen LogP) is 19.9. The van der Waals surface area contributed by atoms with Crippen molar-refractivity contribution in [2.75, 3.05) is 16.5 Å². The minimum absolute atomic E-state index is 0.0358. The van der Waals surface area contributed by atoms with E-state index in [4.69, 9.17) is 35.0 Å². The molecule has 0 unspecified atom stereocenters. The van der Waals surface area contributed by atoms with Crippen molar-refractivity contribution in [1.29, 1.82) is 0 Å². The summed E-state index contributed by atoms with van der Waals surface area (Å²) < 4.78 is 147. The second-order valence-electron chi connectivity index (χ2n) is 22.6. The summed E-state index contributed by atoms with van der Waals surface area (Å²) in [5, 5.41) is 1.45. The summed E-state index contributed by atoms with van der Waals surface area (Å²) >= 11 is 0. The van der Waals surface area contributed by atoms with Crippen LogP contribution < -0.4 is 19.3 Å². The average molecular weight is 1030 g/mol. The quantitative estimate of drug-likeness (QED) is 0.137. The Bertz CT molecular complexity index is 4740. The van der Waals surface area contributed by atoms with Gasteiger partial charge in [0.1, 0.15) is 35.5 Å². The van der Waals surface area contributed by atoms with E-state index in [2.05, 4.69) is 74.4 Å². The van der Waals surface area contributed by atoms with E-state index in [0.29, 0.717) is 62.1 Å². The standard InChI is InChI=1S/C72H66N4O2/c1-70(2,3)52-42-61(71(4,5)6)69(62(43-52)72(7,8)9)78-56-39-40-73-67(46-56)76-63-38-35-51(48-23-13-10-14-24-48)41-60(63)59-37-36-55(45-66(59)76)77-54-30-21-29-53(44-54)74-47-75(65-34-20-19-33-64(65)74)68-57(49-25-15-11-16-26-49)31-22-32-58(68)50-27-17-12-18-28-50/h10-46H,47H2,1-9H3/i10D,11D,12D,13D,14D,15D,16D,17D,18D,23D,24D,25D,26D,27D,28D. The molecule has 386 valence electrons. The number of hydrogen-bond acceptors (Lipinski definition) is 5. The normalized spacial score (nSPS) is 15.5. The minimum Gasteiger partial charge on any atom is -0.457 e. The van der Waals surface area contributed by atoms with Gasteiger partial charge in [0.15, 0.2) is 0 Å². The Morgan fingerprint density at radius 1 is 0.449 bits per heavy atom. The van der Waals surface area contributed by atoms with E-state index >= 15 is 0 Å². The van der Waals surface area contributed by atoms with Gasteiger partial charge in [-0.1, -0.05) is 208 Å².